The van der Waals surface area contributed by atoms with E-state index in [1.807, 2.05) is 4.90 Å². The smallest absolute Gasteiger partial charge is 0.386 e. The second-order valence-electron chi connectivity index (χ2n) is 8.44. The molecule has 5 rings (SSSR count). The second kappa shape index (κ2) is 8.32. The van der Waals surface area contributed by atoms with Crippen LogP contribution in [-0.4, -0.2) is 50.3 Å². The minimum absolute atomic E-state index is 0.00482. The number of amides is 1. The lowest BCUT2D eigenvalue weighted by Crippen LogP contribution is -2.42. The Hall–Kier alpha value is -3.15. The minimum Gasteiger partial charge on any atom is -0.386 e. The van der Waals surface area contributed by atoms with Gasteiger partial charge in [0.15, 0.2) is 6.17 Å². The number of likely N-dealkylation sites (tertiary alicyclic amines) is 1. The monoisotopic (exact) mass is 464 g/mol. The van der Waals surface area contributed by atoms with E-state index in [-0.39, 0.29) is 23.9 Å². The lowest BCUT2D eigenvalue weighted by atomic mass is 10.0. The molecule has 1 saturated heterocycles. The normalized spacial score (nSPS) is 22.8. The van der Waals surface area contributed by atoms with E-state index >= 15 is 0 Å². The van der Waals surface area contributed by atoms with Crippen LogP contribution in [0.4, 0.5) is 13.2 Å². The number of carbonyl (C=O) groups is 1. The highest BCUT2D eigenvalue weighted by Gasteiger charge is 2.35. The van der Waals surface area contributed by atoms with Crippen molar-refractivity contribution in [3.63, 3.8) is 0 Å². The van der Waals surface area contributed by atoms with Crippen molar-refractivity contribution >= 4 is 11.8 Å². The third-order valence-electron chi connectivity index (χ3n) is 6.18. The molecule has 2 unspecified atom stereocenters. The molecule has 1 fully saturated rings. The molecule has 9 nitrogen and oxygen atoms in total. The largest absolute Gasteiger partial charge is 0.416 e. The first-order chi connectivity index (χ1) is 15.8. The molecule has 2 atom stereocenters. The van der Waals surface area contributed by atoms with Gasteiger partial charge in [-0.1, -0.05) is 6.07 Å². The third kappa shape index (κ3) is 4.14. The average molecular weight is 464 g/mol. The Labute approximate surface area is 186 Å². The lowest BCUT2D eigenvalue weighted by molar-refractivity contribution is -0.137. The van der Waals surface area contributed by atoms with Crippen LogP contribution in [0.1, 0.15) is 48.7 Å². The molecule has 12 heteroatoms. The second-order valence-corrected chi connectivity index (χ2v) is 8.44. The van der Waals surface area contributed by atoms with Crippen LogP contribution in [0.3, 0.4) is 0 Å². The Kier molecular flexibility index (Phi) is 5.47. The van der Waals surface area contributed by atoms with E-state index in [2.05, 4.69) is 15.6 Å². The van der Waals surface area contributed by atoms with Crippen molar-refractivity contribution in [2.45, 2.75) is 57.0 Å². The van der Waals surface area contributed by atoms with E-state index in [4.69, 9.17) is 4.84 Å². The van der Waals surface area contributed by atoms with E-state index in [1.165, 1.54) is 21.4 Å². The van der Waals surface area contributed by atoms with Crippen LogP contribution in [0.2, 0.25) is 0 Å². The van der Waals surface area contributed by atoms with Crippen LogP contribution < -0.4 is 11.2 Å². The fourth-order valence-electron chi connectivity index (χ4n) is 4.55. The zero-order chi connectivity index (χ0) is 23.2. The fourth-order valence-corrected chi connectivity index (χ4v) is 4.55. The summed E-state index contributed by atoms with van der Waals surface area (Å²) in [4.78, 5) is 37.4. The molecule has 1 amide bonds. The number of aromatic nitrogens is 3. The van der Waals surface area contributed by atoms with Crippen molar-refractivity contribution in [3.8, 4) is 0 Å². The molecule has 1 aromatic heterocycles. The molecule has 1 N–H and O–H groups in total. The van der Waals surface area contributed by atoms with E-state index in [1.54, 1.807) is 0 Å². The summed E-state index contributed by atoms with van der Waals surface area (Å²) in [7, 11) is 0. The number of aryl methyl sites for hydroxylation is 1. The van der Waals surface area contributed by atoms with Gasteiger partial charge in [-0.15, -0.1) is 5.48 Å². The number of benzene rings is 1. The number of alkyl halides is 3. The molecule has 0 bridgehead atoms. The van der Waals surface area contributed by atoms with Crippen molar-refractivity contribution in [3.05, 3.63) is 51.7 Å². The van der Waals surface area contributed by atoms with E-state index in [0.717, 1.165) is 31.4 Å². The molecular formula is C21H23F3N6O3. The van der Waals surface area contributed by atoms with Crippen molar-refractivity contribution in [2.24, 2.45) is 4.99 Å². The Morgan fingerprint density at radius 3 is 2.76 bits per heavy atom. The summed E-state index contributed by atoms with van der Waals surface area (Å²) in [5.74, 6) is 0.525. The van der Waals surface area contributed by atoms with Crippen LogP contribution in [-0.2, 0) is 28.8 Å². The highest BCUT2D eigenvalue weighted by molar-refractivity contribution is 5.95. The number of hydroxylamine groups is 1. The van der Waals surface area contributed by atoms with E-state index in [9.17, 15) is 22.8 Å². The van der Waals surface area contributed by atoms with Crippen LogP contribution in [0.5, 0.6) is 0 Å². The quantitative estimate of drug-likeness (QED) is 0.746. The molecule has 4 heterocycles. The van der Waals surface area contributed by atoms with Crippen LogP contribution in [0.25, 0.3) is 0 Å². The number of carbonyl (C=O) groups excluding carboxylic acids is 1. The number of halogens is 3. The van der Waals surface area contributed by atoms with E-state index < -0.39 is 29.6 Å². The molecular weight excluding hydrogens is 441 g/mol. The molecule has 2 aromatic rings. The Morgan fingerprint density at radius 1 is 1.21 bits per heavy atom. The summed E-state index contributed by atoms with van der Waals surface area (Å²) in [6, 6.07) is 4.12. The zero-order valence-corrected chi connectivity index (χ0v) is 17.7. The predicted octanol–water partition coefficient (Wildman–Crippen LogP) is 1.87. The van der Waals surface area contributed by atoms with Gasteiger partial charge in [0, 0.05) is 25.1 Å². The topological polar surface area (TPSA) is 93.8 Å². The number of hydrogen-bond acceptors (Lipinski definition) is 6. The van der Waals surface area contributed by atoms with Gasteiger partial charge in [0.1, 0.15) is 11.9 Å². The standard InChI is InChI=1S/C21H23F3N6O3/c22-21(23,24)14-6-3-5-13(11-14)18-25-16(27-33-18)12-29-20(32)30-15(7-4-8-17(30)26-29)19(31)28-9-1-2-10-28/h3,5-6,11,15-16,27H,1-2,4,7-10,12H2. The first-order valence-corrected chi connectivity index (χ1v) is 11.0. The zero-order valence-electron chi connectivity index (χ0n) is 17.7. The van der Waals surface area contributed by atoms with Crippen molar-refractivity contribution in [2.75, 3.05) is 13.1 Å². The predicted molar refractivity (Wildman–Crippen MR) is 110 cm³/mol. The lowest BCUT2D eigenvalue weighted by Gasteiger charge is -2.27. The first-order valence-electron chi connectivity index (χ1n) is 11.0. The summed E-state index contributed by atoms with van der Waals surface area (Å²) in [5.41, 5.74) is 1.60. The van der Waals surface area contributed by atoms with Crippen LogP contribution in [0, 0.1) is 0 Å². The fraction of sp³-hybridized carbons (Fsp3) is 0.524. The van der Waals surface area contributed by atoms with Gasteiger partial charge in [-0.05, 0) is 43.9 Å². The van der Waals surface area contributed by atoms with E-state index in [0.29, 0.717) is 31.8 Å². The van der Waals surface area contributed by atoms with Crippen LogP contribution in [0.15, 0.2) is 34.1 Å². The maximum Gasteiger partial charge on any atom is 0.416 e. The van der Waals surface area contributed by atoms with Gasteiger partial charge in [0.05, 0.1) is 12.1 Å². The van der Waals surface area contributed by atoms with Gasteiger partial charge >= 0.3 is 11.9 Å². The third-order valence-corrected chi connectivity index (χ3v) is 6.18. The van der Waals surface area contributed by atoms with Crippen molar-refractivity contribution in [1.29, 1.82) is 0 Å². The summed E-state index contributed by atoms with van der Waals surface area (Å²) < 4.78 is 41.7. The van der Waals surface area contributed by atoms with Gasteiger partial charge in [-0.3, -0.25) is 9.36 Å². The molecule has 0 saturated carbocycles. The van der Waals surface area contributed by atoms with Crippen molar-refractivity contribution < 1.29 is 22.8 Å². The average Bonchev–Trinajstić information content (AvgIpc) is 3.55. The molecule has 0 aliphatic carbocycles. The number of rotatable bonds is 4. The van der Waals surface area contributed by atoms with Crippen LogP contribution >= 0.6 is 0 Å². The van der Waals surface area contributed by atoms with Gasteiger partial charge in [-0.2, -0.15) is 18.3 Å². The molecule has 1 aromatic carbocycles. The summed E-state index contributed by atoms with van der Waals surface area (Å²) in [6.07, 6.45) is -1.29. The Morgan fingerprint density at radius 2 is 2.00 bits per heavy atom. The number of aliphatic imine (C=N–C) groups is 1. The Balaban J connectivity index is 1.35. The molecule has 3 aliphatic rings. The molecule has 3 aliphatic heterocycles. The molecule has 0 spiro atoms. The van der Waals surface area contributed by atoms with Gasteiger partial charge in [0.2, 0.25) is 11.8 Å². The number of fused-ring (bicyclic) bond motifs is 1. The summed E-state index contributed by atoms with van der Waals surface area (Å²) in [6.45, 7) is 1.44. The molecule has 0 radical (unpaired) electrons. The number of hydrogen-bond donors (Lipinski definition) is 1. The number of nitrogens with zero attached hydrogens (tertiary/aromatic N) is 5. The van der Waals surface area contributed by atoms with Gasteiger partial charge in [0.25, 0.3) is 0 Å². The number of nitrogens with one attached hydrogen (secondary N) is 1. The van der Waals surface area contributed by atoms with Gasteiger partial charge in [-0.25, -0.2) is 14.5 Å². The van der Waals surface area contributed by atoms with Crippen molar-refractivity contribution in [1.82, 2.24) is 24.7 Å². The maximum atomic E-state index is 13.1. The van der Waals surface area contributed by atoms with Gasteiger partial charge < -0.3 is 9.74 Å². The minimum atomic E-state index is -4.48. The molecule has 176 valence electrons. The Bertz CT molecular complexity index is 1150. The first kappa shape index (κ1) is 21.7. The molecule has 33 heavy (non-hydrogen) atoms. The maximum absolute atomic E-state index is 13.1. The summed E-state index contributed by atoms with van der Waals surface area (Å²) in [5, 5.41) is 4.40. The summed E-state index contributed by atoms with van der Waals surface area (Å²) >= 11 is 0. The highest BCUT2D eigenvalue weighted by Crippen LogP contribution is 2.30. The highest BCUT2D eigenvalue weighted by atomic mass is 19.4. The SMILES string of the molecule is O=C(C1CCCc2nn(CC3N=C(c4cccc(C(F)(F)F)c4)ON3)c(=O)n21)N1CCCC1.